The van der Waals surface area contributed by atoms with E-state index in [1.54, 1.807) is 7.11 Å². The lowest BCUT2D eigenvalue weighted by atomic mass is 9.98. The van der Waals surface area contributed by atoms with Crippen molar-refractivity contribution < 1.29 is 4.74 Å². The highest BCUT2D eigenvalue weighted by Crippen LogP contribution is 2.24. The molecule has 0 saturated heterocycles. The number of rotatable bonds is 6. The Kier molecular flexibility index (Phi) is 5.39. The standard InChI is InChI=1S/C17H18BrNO/c1-13(18)12-19-17(14-6-4-3-5-7-14)15-8-10-16(20-2)11-9-15/h3-11,17,19H,1,12H2,2H3. The summed E-state index contributed by atoms with van der Waals surface area (Å²) in [5.41, 5.74) is 2.43. The van der Waals surface area contributed by atoms with E-state index in [4.69, 9.17) is 4.74 Å². The van der Waals surface area contributed by atoms with Crippen molar-refractivity contribution in [3.63, 3.8) is 0 Å². The maximum Gasteiger partial charge on any atom is 0.118 e. The minimum atomic E-state index is 0.136. The van der Waals surface area contributed by atoms with Gasteiger partial charge in [0.25, 0.3) is 0 Å². The average Bonchev–Trinajstić information content (AvgIpc) is 2.49. The number of hydrogen-bond acceptors (Lipinski definition) is 2. The lowest BCUT2D eigenvalue weighted by Crippen LogP contribution is -2.23. The molecule has 0 saturated carbocycles. The summed E-state index contributed by atoms with van der Waals surface area (Å²) in [7, 11) is 1.68. The summed E-state index contributed by atoms with van der Waals surface area (Å²) in [6.45, 7) is 4.59. The van der Waals surface area contributed by atoms with E-state index < -0.39 is 0 Å². The first-order valence-corrected chi connectivity index (χ1v) is 7.25. The van der Waals surface area contributed by atoms with Gasteiger partial charge in [-0.2, -0.15) is 0 Å². The molecule has 0 fully saturated rings. The normalized spacial score (nSPS) is 11.9. The summed E-state index contributed by atoms with van der Waals surface area (Å²) in [6, 6.07) is 18.6. The first-order valence-electron chi connectivity index (χ1n) is 6.46. The van der Waals surface area contributed by atoms with Crippen molar-refractivity contribution in [1.29, 1.82) is 0 Å². The summed E-state index contributed by atoms with van der Waals surface area (Å²) >= 11 is 3.39. The van der Waals surface area contributed by atoms with Crippen LogP contribution in [0.1, 0.15) is 17.2 Å². The highest BCUT2D eigenvalue weighted by atomic mass is 79.9. The average molecular weight is 332 g/mol. The van der Waals surface area contributed by atoms with E-state index in [-0.39, 0.29) is 6.04 Å². The Morgan fingerprint density at radius 2 is 1.70 bits per heavy atom. The third kappa shape index (κ3) is 3.95. The quantitative estimate of drug-likeness (QED) is 0.852. The Bertz CT molecular complexity index is 551. The topological polar surface area (TPSA) is 21.3 Å². The van der Waals surface area contributed by atoms with Gasteiger partial charge in [0.05, 0.1) is 13.2 Å². The maximum atomic E-state index is 5.21. The zero-order chi connectivity index (χ0) is 14.4. The van der Waals surface area contributed by atoms with Gasteiger partial charge in [-0.25, -0.2) is 0 Å². The third-order valence-electron chi connectivity index (χ3n) is 3.08. The van der Waals surface area contributed by atoms with Gasteiger partial charge in [0.1, 0.15) is 5.75 Å². The second-order valence-corrected chi connectivity index (χ2v) is 5.64. The van der Waals surface area contributed by atoms with E-state index >= 15 is 0 Å². The number of hydrogen-bond donors (Lipinski definition) is 1. The molecule has 0 aliphatic heterocycles. The fourth-order valence-electron chi connectivity index (χ4n) is 2.08. The maximum absolute atomic E-state index is 5.21. The van der Waals surface area contributed by atoms with Crippen molar-refractivity contribution in [2.24, 2.45) is 0 Å². The molecular weight excluding hydrogens is 314 g/mol. The molecule has 2 aromatic carbocycles. The van der Waals surface area contributed by atoms with Crippen LogP contribution in [-0.4, -0.2) is 13.7 Å². The largest absolute Gasteiger partial charge is 0.497 e. The second-order valence-electron chi connectivity index (χ2n) is 4.52. The number of benzene rings is 2. The molecule has 2 nitrogen and oxygen atoms in total. The van der Waals surface area contributed by atoms with Crippen LogP contribution in [-0.2, 0) is 0 Å². The SMILES string of the molecule is C=C(Br)CNC(c1ccccc1)c1ccc(OC)cc1. The molecule has 0 aliphatic rings. The lowest BCUT2D eigenvalue weighted by molar-refractivity contribution is 0.414. The highest BCUT2D eigenvalue weighted by molar-refractivity contribution is 9.11. The Labute approximate surface area is 128 Å². The predicted octanol–water partition coefficient (Wildman–Crippen LogP) is 4.28. The van der Waals surface area contributed by atoms with Crippen LogP contribution in [0.5, 0.6) is 5.75 Å². The van der Waals surface area contributed by atoms with Crippen LogP contribution in [0.25, 0.3) is 0 Å². The first kappa shape index (κ1) is 14.8. The van der Waals surface area contributed by atoms with Crippen molar-refractivity contribution in [3.05, 3.63) is 76.8 Å². The van der Waals surface area contributed by atoms with E-state index in [1.807, 2.05) is 18.2 Å². The Balaban J connectivity index is 2.27. The minimum Gasteiger partial charge on any atom is -0.497 e. The number of nitrogens with one attached hydrogen (secondary N) is 1. The zero-order valence-electron chi connectivity index (χ0n) is 11.5. The van der Waals surface area contributed by atoms with Gasteiger partial charge >= 0.3 is 0 Å². The highest BCUT2D eigenvalue weighted by Gasteiger charge is 2.13. The molecule has 0 aromatic heterocycles. The minimum absolute atomic E-state index is 0.136. The van der Waals surface area contributed by atoms with Crippen molar-refractivity contribution >= 4 is 15.9 Å². The van der Waals surface area contributed by atoms with Crippen molar-refractivity contribution in [1.82, 2.24) is 5.32 Å². The van der Waals surface area contributed by atoms with Crippen molar-refractivity contribution in [3.8, 4) is 5.75 Å². The summed E-state index contributed by atoms with van der Waals surface area (Å²) in [5, 5.41) is 3.50. The molecule has 1 atom stereocenters. The molecular formula is C17H18BrNO. The molecule has 0 amide bonds. The Hall–Kier alpha value is -1.58. The van der Waals surface area contributed by atoms with Gasteiger partial charge in [0.15, 0.2) is 0 Å². The Morgan fingerprint density at radius 3 is 2.25 bits per heavy atom. The molecule has 1 N–H and O–H groups in total. The molecule has 0 radical (unpaired) electrons. The van der Waals surface area contributed by atoms with Gasteiger partial charge in [-0.3, -0.25) is 0 Å². The zero-order valence-corrected chi connectivity index (χ0v) is 13.1. The fraction of sp³-hybridized carbons (Fsp3) is 0.176. The molecule has 0 aliphatic carbocycles. The number of ether oxygens (including phenoxy) is 1. The van der Waals surface area contributed by atoms with E-state index in [9.17, 15) is 0 Å². The van der Waals surface area contributed by atoms with Gasteiger partial charge in [-0.15, -0.1) is 0 Å². The van der Waals surface area contributed by atoms with Gasteiger partial charge in [0.2, 0.25) is 0 Å². The summed E-state index contributed by atoms with van der Waals surface area (Å²) in [5.74, 6) is 0.866. The molecule has 0 bridgehead atoms. The third-order valence-corrected chi connectivity index (χ3v) is 3.36. The van der Waals surface area contributed by atoms with Gasteiger partial charge < -0.3 is 10.1 Å². The molecule has 0 heterocycles. The number of halogens is 1. The summed E-state index contributed by atoms with van der Waals surface area (Å²) in [6.07, 6.45) is 0. The molecule has 0 spiro atoms. The molecule has 2 rings (SSSR count). The van der Waals surface area contributed by atoms with Crippen molar-refractivity contribution in [2.75, 3.05) is 13.7 Å². The number of methoxy groups -OCH3 is 1. The van der Waals surface area contributed by atoms with Crippen LogP contribution < -0.4 is 10.1 Å². The van der Waals surface area contributed by atoms with Crippen LogP contribution in [0.4, 0.5) is 0 Å². The lowest BCUT2D eigenvalue weighted by Gasteiger charge is -2.20. The van der Waals surface area contributed by atoms with Gasteiger partial charge in [-0.1, -0.05) is 65.0 Å². The van der Waals surface area contributed by atoms with Crippen LogP contribution in [0.2, 0.25) is 0 Å². The summed E-state index contributed by atoms with van der Waals surface area (Å²) in [4.78, 5) is 0. The Morgan fingerprint density at radius 1 is 1.10 bits per heavy atom. The van der Waals surface area contributed by atoms with Crippen molar-refractivity contribution in [2.45, 2.75) is 6.04 Å². The van der Waals surface area contributed by atoms with E-state index in [1.165, 1.54) is 11.1 Å². The van der Waals surface area contributed by atoms with Gasteiger partial charge in [0, 0.05) is 11.0 Å². The monoisotopic (exact) mass is 331 g/mol. The van der Waals surface area contributed by atoms with Gasteiger partial charge in [-0.05, 0) is 23.3 Å². The van der Waals surface area contributed by atoms with Crippen LogP contribution in [0.15, 0.2) is 65.7 Å². The molecule has 2 aromatic rings. The summed E-state index contributed by atoms with van der Waals surface area (Å²) < 4.78 is 6.15. The smallest absolute Gasteiger partial charge is 0.118 e. The first-order chi connectivity index (χ1) is 9.70. The van der Waals surface area contributed by atoms with Crippen LogP contribution in [0.3, 0.4) is 0 Å². The second kappa shape index (κ2) is 7.27. The van der Waals surface area contributed by atoms with E-state index in [0.29, 0.717) is 6.54 Å². The van der Waals surface area contributed by atoms with E-state index in [0.717, 1.165) is 10.2 Å². The van der Waals surface area contributed by atoms with Crippen LogP contribution in [0, 0.1) is 0 Å². The molecule has 3 heteroatoms. The molecule has 104 valence electrons. The molecule has 1 unspecified atom stereocenters. The molecule has 20 heavy (non-hydrogen) atoms. The van der Waals surface area contributed by atoms with Crippen LogP contribution >= 0.6 is 15.9 Å². The van der Waals surface area contributed by atoms with E-state index in [2.05, 4.69) is 64.2 Å². The fourth-order valence-corrected chi connectivity index (χ4v) is 2.24. The predicted molar refractivity (Wildman–Crippen MR) is 87.3 cm³/mol.